The number of alkyl halides is 2. The molecule has 0 aromatic carbocycles. The number of rotatable bonds is 2. The fraction of sp³-hybridized carbons (Fsp3) is 0.750. The second kappa shape index (κ2) is 4.50. The van der Waals surface area contributed by atoms with E-state index in [4.69, 9.17) is 10.2 Å². The van der Waals surface area contributed by atoms with Crippen molar-refractivity contribution < 1.29 is 28.6 Å². The lowest BCUT2D eigenvalue weighted by Crippen LogP contribution is -2.56. The Kier molecular flexibility index (Phi) is 3.51. The molecule has 1 aliphatic rings. The molecule has 1 fully saturated rings. The highest BCUT2D eigenvalue weighted by Crippen LogP contribution is 2.33. The molecule has 0 aliphatic heterocycles. The second-order valence-corrected chi connectivity index (χ2v) is 3.71. The minimum Gasteiger partial charge on any atom is -0.465 e. The van der Waals surface area contributed by atoms with Crippen molar-refractivity contribution in [3.63, 3.8) is 0 Å². The van der Waals surface area contributed by atoms with Crippen LogP contribution in [0.2, 0.25) is 0 Å². The molecule has 1 aliphatic carbocycles. The number of carboxylic acid groups (broad SMARTS) is 2. The summed E-state index contributed by atoms with van der Waals surface area (Å²) in [4.78, 5) is 20.8. The largest absolute Gasteiger partial charge is 0.465 e. The average Bonchev–Trinajstić information content (AvgIpc) is 2.07. The zero-order valence-electron chi connectivity index (χ0n) is 8.24. The predicted molar refractivity (Wildman–Crippen MR) is 48.7 cm³/mol. The van der Waals surface area contributed by atoms with Crippen LogP contribution >= 0.6 is 0 Å². The minimum absolute atomic E-state index is 0.0930. The minimum atomic E-state index is -2.95. The van der Waals surface area contributed by atoms with Crippen LogP contribution in [0.15, 0.2) is 0 Å². The maximum absolute atomic E-state index is 13.0. The van der Waals surface area contributed by atoms with Gasteiger partial charge in [0.15, 0.2) is 0 Å². The number of hydrogen-bond donors (Lipinski definition) is 4. The van der Waals surface area contributed by atoms with E-state index in [2.05, 4.69) is 0 Å². The third kappa shape index (κ3) is 3.52. The van der Waals surface area contributed by atoms with Crippen molar-refractivity contribution in [2.24, 2.45) is 0 Å². The Bertz CT molecular complexity index is 298. The smallest absolute Gasteiger partial charge is 0.404 e. The first-order chi connectivity index (χ1) is 7.30. The zero-order chi connectivity index (χ0) is 12.3. The number of nitrogens with one attached hydrogen (secondary N) is 2. The van der Waals surface area contributed by atoms with Crippen molar-refractivity contribution in [3.8, 4) is 0 Å². The van der Waals surface area contributed by atoms with Crippen LogP contribution in [-0.4, -0.2) is 40.4 Å². The van der Waals surface area contributed by atoms with Gasteiger partial charge < -0.3 is 20.8 Å². The summed E-state index contributed by atoms with van der Waals surface area (Å²) in [6.45, 7) is 0. The van der Waals surface area contributed by atoms with Crippen molar-refractivity contribution >= 4 is 12.2 Å². The lowest BCUT2D eigenvalue weighted by atomic mass is 9.87. The van der Waals surface area contributed by atoms with E-state index >= 15 is 0 Å². The van der Waals surface area contributed by atoms with Crippen molar-refractivity contribution in [2.45, 2.75) is 37.3 Å². The van der Waals surface area contributed by atoms with Gasteiger partial charge in [0.25, 0.3) is 0 Å². The monoisotopic (exact) mass is 238 g/mol. The van der Waals surface area contributed by atoms with E-state index in [9.17, 15) is 18.4 Å². The molecule has 0 heterocycles. The first-order valence-corrected chi connectivity index (χ1v) is 4.67. The molecule has 1 saturated carbocycles. The Morgan fingerprint density at radius 2 is 1.62 bits per heavy atom. The van der Waals surface area contributed by atoms with E-state index < -0.39 is 43.0 Å². The van der Waals surface area contributed by atoms with Crippen LogP contribution < -0.4 is 10.6 Å². The summed E-state index contributed by atoms with van der Waals surface area (Å²) >= 11 is 0. The standard InChI is InChI=1S/C8H12F2N2O4/c9-8(10)2-1-4(11-6(13)14)5(3-8)12-7(15)16/h4-5,11-12H,1-3H2,(H,13,14)(H,15,16)/t4-,5+/m1/s1. The molecule has 16 heavy (non-hydrogen) atoms. The van der Waals surface area contributed by atoms with Gasteiger partial charge >= 0.3 is 12.2 Å². The molecule has 1 rings (SSSR count). The van der Waals surface area contributed by atoms with Crippen molar-refractivity contribution in [1.82, 2.24) is 10.6 Å². The Morgan fingerprint density at radius 1 is 1.12 bits per heavy atom. The summed E-state index contributed by atoms with van der Waals surface area (Å²) in [5.74, 6) is -2.95. The molecule has 4 N–H and O–H groups in total. The maximum atomic E-state index is 13.0. The van der Waals surface area contributed by atoms with Crippen LogP contribution in [-0.2, 0) is 0 Å². The van der Waals surface area contributed by atoms with Crippen molar-refractivity contribution in [1.29, 1.82) is 0 Å². The van der Waals surface area contributed by atoms with Crippen LogP contribution in [0, 0.1) is 0 Å². The Labute approximate surface area is 89.6 Å². The molecule has 0 bridgehead atoms. The highest BCUT2D eigenvalue weighted by atomic mass is 19.3. The molecule has 0 aromatic rings. The van der Waals surface area contributed by atoms with E-state index in [1.54, 1.807) is 0 Å². The van der Waals surface area contributed by atoms with E-state index in [0.29, 0.717) is 0 Å². The Balaban J connectivity index is 2.67. The van der Waals surface area contributed by atoms with Gasteiger partial charge in [-0.2, -0.15) is 0 Å². The van der Waals surface area contributed by atoms with Crippen molar-refractivity contribution in [3.05, 3.63) is 0 Å². The fourth-order valence-corrected chi connectivity index (χ4v) is 1.78. The summed E-state index contributed by atoms with van der Waals surface area (Å²) in [5.41, 5.74) is 0. The highest BCUT2D eigenvalue weighted by molar-refractivity contribution is 5.67. The molecule has 92 valence electrons. The molecule has 6 nitrogen and oxygen atoms in total. The van der Waals surface area contributed by atoms with Crippen LogP contribution in [0.25, 0.3) is 0 Å². The first-order valence-electron chi connectivity index (χ1n) is 4.67. The van der Waals surface area contributed by atoms with Crippen LogP contribution in [0.4, 0.5) is 18.4 Å². The summed E-state index contributed by atoms with van der Waals surface area (Å²) < 4.78 is 26.0. The summed E-state index contributed by atoms with van der Waals surface area (Å²) in [5, 5.41) is 20.9. The molecule has 2 atom stereocenters. The SMILES string of the molecule is O=C(O)N[C@H]1CC(F)(F)CC[C@H]1NC(=O)O. The number of amides is 2. The van der Waals surface area contributed by atoms with E-state index in [-0.39, 0.29) is 6.42 Å². The topological polar surface area (TPSA) is 98.7 Å². The van der Waals surface area contributed by atoms with E-state index in [0.717, 1.165) is 0 Å². The van der Waals surface area contributed by atoms with Gasteiger partial charge in [-0.3, -0.25) is 0 Å². The first kappa shape index (κ1) is 12.5. The van der Waals surface area contributed by atoms with Gasteiger partial charge in [0, 0.05) is 12.8 Å². The van der Waals surface area contributed by atoms with Gasteiger partial charge in [-0.1, -0.05) is 0 Å². The third-order valence-electron chi connectivity index (χ3n) is 2.44. The van der Waals surface area contributed by atoms with Gasteiger partial charge in [-0.25, -0.2) is 18.4 Å². The number of hydrogen-bond acceptors (Lipinski definition) is 2. The summed E-state index contributed by atoms with van der Waals surface area (Å²) in [6.07, 6.45) is -4.03. The molecular weight excluding hydrogens is 226 g/mol. The van der Waals surface area contributed by atoms with Crippen LogP contribution in [0.1, 0.15) is 19.3 Å². The molecule has 0 aromatic heterocycles. The quantitative estimate of drug-likeness (QED) is 0.578. The Morgan fingerprint density at radius 3 is 2.12 bits per heavy atom. The van der Waals surface area contributed by atoms with Gasteiger partial charge in [-0.15, -0.1) is 0 Å². The van der Waals surface area contributed by atoms with Gasteiger partial charge in [0.05, 0.1) is 12.1 Å². The Hall–Kier alpha value is -1.60. The summed E-state index contributed by atoms with van der Waals surface area (Å²) in [7, 11) is 0. The molecule has 0 spiro atoms. The van der Waals surface area contributed by atoms with E-state index in [1.165, 1.54) is 0 Å². The lowest BCUT2D eigenvalue weighted by Gasteiger charge is -2.35. The van der Waals surface area contributed by atoms with Crippen LogP contribution in [0.5, 0.6) is 0 Å². The predicted octanol–water partition coefficient (Wildman–Crippen LogP) is 1.08. The average molecular weight is 238 g/mol. The number of carbonyl (C=O) groups is 2. The third-order valence-corrected chi connectivity index (χ3v) is 2.44. The molecule has 0 saturated heterocycles. The van der Waals surface area contributed by atoms with Crippen LogP contribution in [0.3, 0.4) is 0 Å². The molecule has 0 radical (unpaired) electrons. The van der Waals surface area contributed by atoms with E-state index in [1.807, 2.05) is 10.6 Å². The fourth-order valence-electron chi connectivity index (χ4n) is 1.78. The van der Waals surface area contributed by atoms with Gasteiger partial charge in [0.1, 0.15) is 0 Å². The molecule has 0 unspecified atom stereocenters. The normalized spacial score (nSPS) is 28.1. The number of halogens is 2. The van der Waals surface area contributed by atoms with Gasteiger partial charge in [0.2, 0.25) is 5.92 Å². The maximum Gasteiger partial charge on any atom is 0.404 e. The van der Waals surface area contributed by atoms with Crippen molar-refractivity contribution in [2.75, 3.05) is 0 Å². The molecule has 8 heteroatoms. The highest BCUT2D eigenvalue weighted by Gasteiger charge is 2.42. The summed E-state index contributed by atoms with van der Waals surface area (Å²) in [6, 6.07) is -1.91. The lowest BCUT2D eigenvalue weighted by molar-refractivity contribution is -0.0505. The zero-order valence-corrected chi connectivity index (χ0v) is 8.24. The molecule has 2 amide bonds. The van der Waals surface area contributed by atoms with Gasteiger partial charge in [-0.05, 0) is 6.42 Å². The molecular formula is C8H12F2N2O4. The second-order valence-electron chi connectivity index (χ2n) is 3.71.